The molecule has 0 aliphatic rings. The summed E-state index contributed by atoms with van der Waals surface area (Å²) in [6.45, 7) is 0. The number of hydrogen-bond acceptors (Lipinski definition) is 2. The fourth-order valence-corrected chi connectivity index (χ4v) is 2.55. The van der Waals surface area contributed by atoms with Crippen LogP contribution in [-0.2, 0) is 4.79 Å². The van der Waals surface area contributed by atoms with E-state index < -0.39 is 0 Å². The minimum Gasteiger partial charge on any atom is -0.326 e. The summed E-state index contributed by atoms with van der Waals surface area (Å²) in [4.78, 5) is 12.7. The molecule has 0 saturated heterocycles. The van der Waals surface area contributed by atoms with E-state index in [1.165, 1.54) is 12.1 Å². The van der Waals surface area contributed by atoms with Crippen molar-refractivity contribution in [3.8, 4) is 0 Å². The zero-order valence-electron chi connectivity index (χ0n) is 11.0. The van der Waals surface area contributed by atoms with Crippen LogP contribution in [-0.4, -0.2) is 11.7 Å². The first kappa shape index (κ1) is 14.6. The van der Waals surface area contributed by atoms with Gasteiger partial charge in [-0.1, -0.05) is 18.2 Å². The molecule has 104 valence electrons. The Kier molecular flexibility index (Phi) is 5.62. The van der Waals surface area contributed by atoms with E-state index in [9.17, 15) is 9.18 Å². The Bertz CT molecular complexity index is 542. The SMILES string of the molecule is O=C(CCCSc1ccc(F)cc1)Nc1ccccc1. The maximum atomic E-state index is 12.7. The molecule has 2 nitrogen and oxygen atoms in total. The van der Waals surface area contributed by atoms with Crippen molar-refractivity contribution >= 4 is 23.4 Å². The van der Waals surface area contributed by atoms with Crippen molar-refractivity contribution in [3.63, 3.8) is 0 Å². The zero-order chi connectivity index (χ0) is 14.2. The second-order valence-electron chi connectivity index (χ2n) is 4.32. The summed E-state index contributed by atoms with van der Waals surface area (Å²) >= 11 is 1.63. The van der Waals surface area contributed by atoms with Gasteiger partial charge in [-0.3, -0.25) is 4.79 Å². The normalized spacial score (nSPS) is 10.2. The van der Waals surface area contributed by atoms with Crippen LogP contribution >= 0.6 is 11.8 Å². The van der Waals surface area contributed by atoms with Gasteiger partial charge in [-0.05, 0) is 48.6 Å². The van der Waals surface area contributed by atoms with Gasteiger partial charge in [0.05, 0.1) is 0 Å². The molecule has 0 atom stereocenters. The minimum atomic E-state index is -0.225. The highest BCUT2D eigenvalue weighted by Crippen LogP contribution is 2.19. The zero-order valence-corrected chi connectivity index (χ0v) is 11.8. The molecule has 0 unspecified atom stereocenters. The third-order valence-electron chi connectivity index (χ3n) is 2.69. The van der Waals surface area contributed by atoms with Gasteiger partial charge >= 0.3 is 0 Å². The van der Waals surface area contributed by atoms with Gasteiger partial charge in [-0.25, -0.2) is 4.39 Å². The van der Waals surface area contributed by atoms with Gasteiger partial charge in [0.15, 0.2) is 0 Å². The van der Waals surface area contributed by atoms with Crippen LogP contribution < -0.4 is 5.32 Å². The maximum absolute atomic E-state index is 12.7. The Morgan fingerprint density at radius 1 is 1.05 bits per heavy atom. The number of halogens is 1. The number of benzene rings is 2. The van der Waals surface area contributed by atoms with Crippen LogP contribution in [0.2, 0.25) is 0 Å². The molecule has 1 N–H and O–H groups in total. The van der Waals surface area contributed by atoms with Crippen LogP contribution in [0.4, 0.5) is 10.1 Å². The molecule has 0 saturated carbocycles. The van der Waals surface area contributed by atoms with Gasteiger partial charge < -0.3 is 5.32 Å². The van der Waals surface area contributed by atoms with Gasteiger partial charge in [0.25, 0.3) is 0 Å². The van der Waals surface area contributed by atoms with Gasteiger partial charge in [0.2, 0.25) is 5.91 Å². The molecule has 20 heavy (non-hydrogen) atoms. The molecule has 0 aliphatic carbocycles. The lowest BCUT2D eigenvalue weighted by atomic mass is 10.3. The summed E-state index contributed by atoms with van der Waals surface area (Å²) in [6, 6.07) is 15.8. The van der Waals surface area contributed by atoms with E-state index in [1.54, 1.807) is 23.9 Å². The Balaban J connectivity index is 1.66. The summed E-state index contributed by atoms with van der Waals surface area (Å²) in [7, 11) is 0. The lowest BCUT2D eigenvalue weighted by Crippen LogP contribution is -2.11. The Morgan fingerprint density at radius 2 is 1.75 bits per heavy atom. The summed E-state index contributed by atoms with van der Waals surface area (Å²) in [5, 5.41) is 2.85. The minimum absolute atomic E-state index is 0.0240. The number of amides is 1. The van der Waals surface area contributed by atoms with E-state index in [4.69, 9.17) is 0 Å². The van der Waals surface area contributed by atoms with E-state index >= 15 is 0 Å². The summed E-state index contributed by atoms with van der Waals surface area (Å²) in [5.41, 5.74) is 0.823. The fourth-order valence-electron chi connectivity index (χ4n) is 1.70. The van der Waals surface area contributed by atoms with Crippen LogP contribution in [0.25, 0.3) is 0 Å². The predicted molar refractivity (Wildman–Crippen MR) is 81.4 cm³/mol. The van der Waals surface area contributed by atoms with Crippen molar-refractivity contribution in [2.24, 2.45) is 0 Å². The van der Waals surface area contributed by atoms with Crippen molar-refractivity contribution in [1.82, 2.24) is 0 Å². The van der Waals surface area contributed by atoms with Crippen LogP contribution in [0.3, 0.4) is 0 Å². The molecule has 0 radical (unpaired) electrons. The highest BCUT2D eigenvalue weighted by atomic mass is 32.2. The molecule has 0 fully saturated rings. The average molecular weight is 289 g/mol. The monoisotopic (exact) mass is 289 g/mol. The molecule has 2 aromatic carbocycles. The third-order valence-corrected chi connectivity index (χ3v) is 3.79. The van der Waals surface area contributed by atoms with Crippen molar-refractivity contribution in [3.05, 3.63) is 60.4 Å². The van der Waals surface area contributed by atoms with Crippen LogP contribution in [0.15, 0.2) is 59.5 Å². The predicted octanol–water partition coefficient (Wildman–Crippen LogP) is 4.34. The Labute approximate surface area is 122 Å². The molecule has 2 rings (SSSR count). The van der Waals surface area contributed by atoms with E-state index in [1.807, 2.05) is 30.3 Å². The molecule has 4 heteroatoms. The van der Waals surface area contributed by atoms with Gasteiger partial charge in [0.1, 0.15) is 5.82 Å². The highest BCUT2D eigenvalue weighted by molar-refractivity contribution is 7.99. The summed E-state index contributed by atoms with van der Waals surface area (Å²) < 4.78 is 12.7. The standard InChI is InChI=1S/C16H16FNOS/c17-13-8-10-15(11-9-13)20-12-4-7-16(19)18-14-5-2-1-3-6-14/h1-3,5-6,8-11H,4,7,12H2,(H,18,19). The Hall–Kier alpha value is -1.81. The number of carbonyl (C=O) groups excluding carboxylic acids is 1. The van der Waals surface area contributed by atoms with Crippen molar-refractivity contribution in [2.75, 3.05) is 11.1 Å². The van der Waals surface area contributed by atoms with Crippen LogP contribution in [0.1, 0.15) is 12.8 Å². The van der Waals surface area contributed by atoms with Crippen molar-refractivity contribution < 1.29 is 9.18 Å². The highest BCUT2D eigenvalue weighted by Gasteiger charge is 2.02. The second kappa shape index (κ2) is 7.70. The third kappa shape index (κ3) is 5.05. The maximum Gasteiger partial charge on any atom is 0.224 e. The summed E-state index contributed by atoms with van der Waals surface area (Å²) in [5.74, 6) is 0.640. The molecule has 0 bridgehead atoms. The number of para-hydroxylation sites is 1. The quantitative estimate of drug-likeness (QED) is 0.633. The van der Waals surface area contributed by atoms with Crippen molar-refractivity contribution in [2.45, 2.75) is 17.7 Å². The van der Waals surface area contributed by atoms with Gasteiger partial charge in [-0.2, -0.15) is 0 Å². The molecular weight excluding hydrogens is 273 g/mol. The molecule has 0 aromatic heterocycles. The van der Waals surface area contributed by atoms with Gasteiger partial charge in [0, 0.05) is 17.0 Å². The molecule has 2 aromatic rings. The lowest BCUT2D eigenvalue weighted by Gasteiger charge is -2.05. The van der Waals surface area contributed by atoms with Crippen LogP contribution in [0.5, 0.6) is 0 Å². The van der Waals surface area contributed by atoms with Gasteiger partial charge in [-0.15, -0.1) is 11.8 Å². The number of thioether (sulfide) groups is 1. The lowest BCUT2D eigenvalue weighted by molar-refractivity contribution is -0.116. The van der Waals surface area contributed by atoms with E-state index in [0.717, 1.165) is 22.8 Å². The molecule has 0 heterocycles. The average Bonchev–Trinajstić information content (AvgIpc) is 2.46. The smallest absolute Gasteiger partial charge is 0.224 e. The second-order valence-corrected chi connectivity index (χ2v) is 5.49. The molecular formula is C16H16FNOS. The molecule has 1 amide bonds. The number of hydrogen-bond donors (Lipinski definition) is 1. The fraction of sp³-hybridized carbons (Fsp3) is 0.188. The molecule has 0 spiro atoms. The first-order chi connectivity index (χ1) is 9.74. The summed E-state index contributed by atoms with van der Waals surface area (Å²) in [6.07, 6.45) is 1.28. The number of carbonyl (C=O) groups is 1. The van der Waals surface area contributed by atoms with E-state index in [2.05, 4.69) is 5.32 Å². The first-order valence-electron chi connectivity index (χ1n) is 6.47. The topological polar surface area (TPSA) is 29.1 Å². The Morgan fingerprint density at radius 3 is 2.45 bits per heavy atom. The largest absolute Gasteiger partial charge is 0.326 e. The van der Waals surface area contributed by atoms with Crippen LogP contribution in [0, 0.1) is 5.82 Å². The van der Waals surface area contributed by atoms with Crippen molar-refractivity contribution in [1.29, 1.82) is 0 Å². The molecule has 0 aliphatic heterocycles. The number of rotatable bonds is 6. The van der Waals surface area contributed by atoms with E-state index in [-0.39, 0.29) is 11.7 Å². The number of nitrogens with one attached hydrogen (secondary N) is 1. The first-order valence-corrected chi connectivity index (χ1v) is 7.46. The number of anilines is 1. The van der Waals surface area contributed by atoms with E-state index in [0.29, 0.717) is 6.42 Å².